The molecule has 10 heteroatoms. The molecule has 0 radical (unpaired) electrons. The molecule has 3 N–H and O–H groups in total. The van der Waals surface area contributed by atoms with Crippen LogP contribution in [0, 0.1) is 10.1 Å². The maximum absolute atomic E-state index is 12.7. The third-order valence-corrected chi connectivity index (χ3v) is 4.35. The minimum absolute atomic E-state index is 0.0408. The smallest absolute Gasteiger partial charge is 0.338 e. The van der Waals surface area contributed by atoms with Crippen LogP contribution in [0.1, 0.15) is 18.5 Å². The topological polar surface area (TPSA) is 140 Å². The van der Waals surface area contributed by atoms with Crippen molar-refractivity contribution in [2.45, 2.75) is 13.0 Å². The Morgan fingerprint density at radius 1 is 1.20 bits per heavy atom. The number of aromatic hydroxyl groups is 1. The van der Waals surface area contributed by atoms with E-state index in [9.17, 15) is 24.8 Å². The Hall–Kier alpha value is -4.08. The molecule has 3 rings (SSSR count). The number of ether oxygens (including phenoxy) is 2. The number of nitrogens with zero attached hydrogens (tertiary/aromatic N) is 1. The predicted octanol–water partition coefficient (Wildman–Crippen LogP) is 2.55. The Kier molecular flexibility index (Phi) is 6.16. The maximum Gasteiger partial charge on any atom is 0.338 e. The summed E-state index contributed by atoms with van der Waals surface area (Å²) in [5.41, 5.74) is 0.0610. The lowest BCUT2D eigenvalue weighted by Crippen LogP contribution is -2.45. The van der Waals surface area contributed by atoms with Crippen LogP contribution in [0.4, 0.5) is 10.5 Å². The van der Waals surface area contributed by atoms with Crippen LogP contribution in [0.15, 0.2) is 59.8 Å². The van der Waals surface area contributed by atoms with Crippen LogP contribution in [0.25, 0.3) is 0 Å². The van der Waals surface area contributed by atoms with Gasteiger partial charge in [0.1, 0.15) is 19.0 Å². The highest BCUT2D eigenvalue weighted by atomic mass is 16.6. The third kappa shape index (κ3) is 4.66. The minimum atomic E-state index is -0.986. The fourth-order valence-corrected chi connectivity index (χ4v) is 2.97. The second-order valence-corrected chi connectivity index (χ2v) is 6.37. The summed E-state index contributed by atoms with van der Waals surface area (Å²) in [5.74, 6) is -0.603. The van der Waals surface area contributed by atoms with Gasteiger partial charge < -0.3 is 25.2 Å². The molecule has 1 aliphatic rings. The zero-order valence-electron chi connectivity index (χ0n) is 16.0. The number of amides is 2. The number of rotatable bonds is 7. The number of hydrogen-bond donors (Lipinski definition) is 3. The van der Waals surface area contributed by atoms with Crippen molar-refractivity contribution in [2.24, 2.45) is 0 Å². The number of nitro benzene ring substituents is 1. The Labute approximate surface area is 171 Å². The molecule has 2 aromatic rings. The number of phenolic OH excluding ortho intramolecular Hbond substituents is 1. The number of allylic oxidation sites excluding steroid dienone is 1. The van der Waals surface area contributed by atoms with Gasteiger partial charge in [0.05, 0.1) is 16.5 Å². The molecule has 0 aromatic heterocycles. The summed E-state index contributed by atoms with van der Waals surface area (Å²) in [6, 6.07) is 11.1. The quantitative estimate of drug-likeness (QED) is 0.274. The summed E-state index contributed by atoms with van der Waals surface area (Å²) >= 11 is 0. The summed E-state index contributed by atoms with van der Waals surface area (Å²) in [7, 11) is 0. The van der Waals surface area contributed by atoms with Crippen LogP contribution in [0.3, 0.4) is 0 Å². The molecule has 2 aromatic carbocycles. The summed E-state index contributed by atoms with van der Waals surface area (Å²) < 4.78 is 10.7. The molecule has 10 nitrogen and oxygen atoms in total. The molecule has 30 heavy (non-hydrogen) atoms. The Morgan fingerprint density at radius 3 is 2.63 bits per heavy atom. The summed E-state index contributed by atoms with van der Waals surface area (Å²) in [5, 5.41) is 25.8. The van der Waals surface area contributed by atoms with Crippen molar-refractivity contribution in [1.82, 2.24) is 10.6 Å². The molecule has 0 unspecified atom stereocenters. The lowest BCUT2D eigenvalue weighted by molar-refractivity contribution is -0.385. The first-order valence-corrected chi connectivity index (χ1v) is 8.97. The van der Waals surface area contributed by atoms with Gasteiger partial charge in [-0.1, -0.05) is 24.3 Å². The van der Waals surface area contributed by atoms with Crippen molar-refractivity contribution < 1.29 is 29.1 Å². The number of nitrogens with one attached hydrogen (secondary N) is 2. The average molecular weight is 413 g/mol. The molecule has 1 aliphatic heterocycles. The molecule has 0 bridgehead atoms. The van der Waals surface area contributed by atoms with E-state index in [1.807, 2.05) is 18.2 Å². The number of benzene rings is 2. The van der Waals surface area contributed by atoms with Gasteiger partial charge in [-0.15, -0.1) is 0 Å². The molecule has 0 saturated heterocycles. The fourth-order valence-electron chi connectivity index (χ4n) is 2.97. The lowest BCUT2D eigenvalue weighted by atomic mass is 9.95. The summed E-state index contributed by atoms with van der Waals surface area (Å²) in [6.45, 7) is 1.61. The molecule has 0 aliphatic carbocycles. The predicted molar refractivity (Wildman–Crippen MR) is 105 cm³/mol. The molecule has 156 valence electrons. The van der Waals surface area contributed by atoms with Gasteiger partial charge in [-0.3, -0.25) is 10.1 Å². The van der Waals surface area contributed by atoms with Crippen LogP contribution >= 0.6 is 0 Å². The lowest BCUT2D eigenvalue weighted by Gasteiger charge is -2.28. The number of carbonyl (C=O) groups is 2. The van der Waals surface area contributed by atoms with Crippen molar-refractivity contribution in [2.75, 3.05) is 13.2 Å². The van der Waals surface area contributed by atoms with E-state index in [1.54, 1.807) is 12.1 Å². The average Bonchev–Trinajstić information content (AvgIpc) is 2.71. The van der Waals surface area contributed by atoms with E-state index in [2.05, 4.69) is 10.6 Å². The first-order valence-electron chi connectivity index (χ1n) is 8.97. The van der Waals surface area contributed by atoms with Gasteiger partial charge in [-0.25, -0.2) is 9.59 Å². The molecule has 0 spiro atoms. The Morgan fingerprint density at radius 2 is 1.93 bits per heavy atom. The number of carbonyl (C=O) groups excluding carboxylic acids is 2. The normalized spacial score (nSPS) is 15.8. The molecular weight excluding hydrogens is 394 g/mol. The van der Waals surface area contributed by atoms with Crippen molar-refractivity contribution in [3.8, 4) is 11.5 Å². The number of esters is 1. The van der Waals surface area contributed by atoms with Crippen molar-refractivity contribution in [3.63, 3.8) is 0 Å². The second-order valence-electron chi connectivity index (χ2n) is 6.37. The number of urea groups is 1. The first kappa shape index (κ1) is 20.6. The van der Waals surface area contributed by atoms with Crippen molar-refractivity contribution >= 4 is 17.7 Å². The van der Waals surface area contributed by atoms with Gasteiger partial charge >= 0.3 is 17.7 Å². The molecule has 0 fully saturated rings. The first-order chi connectivity index (χ1) is 14.4. The van der Waals surface area contributed by atoms with E-state index in [1.165, 1.54) is 13.0 Å². The van der Waals surface area contributed by atoms with Gasteiger partial charge in [0, 0.05) is 11.8 Å². The third-order valence-electron chi connectivity index (χ3n) is 4.35. The highest BCUT2D eigenvalue weighted by Gasteiger charge is 2.33. The highest BCUT2D eigenvalue weighted by Crippen LogP contribution is 2.33. The molecule has 2 amide bonds. The van der Waals surface area contributed by atoms with Crippen LogP contribution in [0.5, 0.6) is 11.5 Å². The number of para-hydroxylation sites is 1. The number of hydrogen-bond acceptors (Lipinski definition) is 7. The van der Waals surface area contributed by atoms with Gasteiger partial charge in [0.25, 0.3) is 0 Å². The highest BCUT2D eigenvalue weighted by molar-refractivity contribution is 5.95. The van der Waals surface area contributed by atoms with Crippen LogP contribution in [0.2, 0.25) is 0 Å². The fraction of sp³-hybridized carbons (Fsp3) is 0.200. The van der Waals surface area contributed by atoms with E-state index < -0.39 is 34.4 Å². The van der Waals surface area contributed by atoms with Gasteiger partial charge in [0.15, 0.2) is 5.75 Å². The second kappa shape index (κ2) is 8.95. The van der Waals surface area contributed by atoms with Gasteiger partial charge in [0.2, 0.25) is 0 Å². The number of nitro groups is 1. The summed E-state index contributed by atoms with van der Waals surface area (Å²) in [6.07, 6.45) is 0. The molecule has 1 atom stereocenters. The zero-order chi connectivity index (χ0) is 21.7. The Balaban J connectivity index is 1.75. The summed E-state index contributed by atoms with van der Waals surface area (Å²) in [4.78, 5) is 35.0. The van der Waals surface area contributed by atoms with Crippen LogP contribution in [-0.2, 0) is 9.53 Å². The minimum Gasteiger partial charge on any atom is -0.502 e. The zero-order valence-corrected chi connectivity index (χ0v) is 16.0. The van der Waals surface area contributed by atoms with E-state index in [0.29, 0.717) is 5.75 Å². The SMILES string of the molecule is CC1=C(C(=O)OCCOc2ccccc2)[C@@H](c2ccc(O)c([N+](=O)[O-])c2)NC(=O)N1. The monoisotopic (exact) mass is 413 g/mol. The van der Waals surface area contributed by atoms with E-state index in [4.69, 9.17) is 9.47 Å². The van der Waals surface area contributed by atoms with E-state index >= 15 is 0 Å². The largest absolute Gasteiger partial charge is 0.502 e. The maximum atomic E-state index is 12.7. The molecular formula is C20H19N3O7. The van der Waals surface area contributed by atoms with E-state index in [0.717, 1.165) is 12.1 Å². The van der Waals surface area contributed by atoms with E-state index in [-0.39, 0.29) is 30.0 Å². The van der Waals surface area contributed by atoms with Gasteiger partial charge in [-0.2, -0.15) is 0 Å². The van der Waals surface area contributed by atoms with Crippen LogP contribution < -0.4 is 15.4 Å². The molecule has 0 saturated carbocycles. The van der Waals surface area contributed by atoms with Crippen molar-refractivity contribution in [3.05, 3.63) is 75.5 Å². The number of phenols is 1. The standard InChI is InChI=1S/C20H19N3O7/c1-12-17(19(25)30-10-9-29-14-5-3-2-4-6-14)18(22-20(26)21-12)13-7-8-16(24)15(11-13)23(27)28/h2-8,11,18,24H,9-10H2,1H3,(H2,21,22,26)/t18-/m1/s1. The molecule has 1 heterocycles. The van der Waals surface area contributed by atoms with Crippen molar-refractivity contribution in [1.29, 1.82) is 0 Å². The van der Waals surface area contributed by atoms with Crippen LogP contribution in [-0.4, -0.2) is 35.2 Å². The van der Waals surface area contributed by atoms with Gasteiger partial charge in [-0.05, 0) is 30.7 Å². The Bertz CT molecular complexity index is 1000.